The number of nitro groups is 1. The van der Waals surface area contributed by atoms with E-state index in [2.05, 4.69) is 14.8 Å². The first-order chi connectivity index (χ1) is 13.7. The lowest BCUT2D eigenvalue weighted by atomic mass is 10.1. The fraction of sp³-hybridized carbons (Fsp3) is 0.0588. The maximum atomic E-state index is 12.6. The second-order valence-electron chi connectivity index (χ2n) is 6.09. The van der Waals surface area contributed by atoms with Gasteiger partial charge in [0.1, 0.15) is 5.02 Å². The van der Waals surface area contributed by atoms with Crippen LogP contribution in [0.15, 0.2) is 52.7 Å². The van der Waals surface area contributed by atoms with Crippen molar-refractivity contribution >= 4 is 49.6 Å². The van der Waals surface area contributed by atoms with E-state index in [9.17, 15) is 18.5 Å². The van der Waals surface area contributed by atoms with Gasteiger partial charge in [-0.15, -0.1) is 16.4 Å². The number of aryl methyl sites for hydroxylation is 1. The van der Waals surface area contributed by atoms with Crippen LogP contribution in [0.5, 0.6) is 0 Å². The number of fused-ring (bicyclic) bond motifs is 1. The molecule has 0 amide bonds. The largest absolute Gasteiger partial charge is 0.289 e. The van der Waals surface area contributed by atoms with E-state index in [1.807, 2.05) is 36.6 Å². The molecule has 2 aromatic carbocycles. The number of nitro benzene ring substituents is 1. The number of hydrogen-bond donors (Lipinski definition) is 1. The van der Waals surface area contributed by atoms with E-state index in [0.717, 1.165) is 29.0 Å². The van der Waals surface area contributed by atoms with Gasteiger partial charge in [0.05, 0.1) is 15.5 Å². The van der Waals surface area contributed by atoms with Crippen molar-refractivity contribution in [2.24, 2.45) is 0 Å². The number of aromatic nitrogens is 3. The lowest BCUT2D eigenvalue weighted by molar-refractivity contribution is -0.384. The maximum absolute atomic E-state index is 12.6. The van der Waals surface area contributed by atoms with Crippen LogP contribution in [0.3, 0.4) is 0 Å². The number of nitrogens with zero attached hydrogens (tertiary/aromatic N) is 4. The number of anilines is 1. The van der Waals surface area contributed by atoms with Gasteiger partial charge in [0.15, 0.2) is 0 Å². The van der Waals surface area contributed by atoms with Crippen LogP contribution in [-0.2, 0) is 10.0 Å². The lowest BCUT2D eigenvalue weighted by Gasteiger charge is -2.05. The molecule has 29 heavy (non-hydrogen) atoms. The highest BCUT2D eigenvalue weighted by Gasteiger charge is 2.23. The van der Waals surface area contributed by atoms with E-state index in [1.165, 1.54) is 21.9 Å². The lowest BCUT2D eigenvalue weighted by Crippen LogP contribution is -2.14. The molecule has 0 fully saturated rings. The molecule has 4 aromatic rings. The fourth-order valence-electron chi connectivity index (χ4n) is 2.63. The second-order valence-corrected chi connectivity index (χ2v) is 9.02. The zero-order valence-corrected chi connectivity index (χ0v) is 17.1. The number of nitrogens with one attached hydrogen (secondary N) is 1. The van der Waals surface area contributed by atoms with Gasteiger partial charge in [0.2, 0.25) is 4.96 Å². The molecule has 0 spiro atoms. The van der Waals surface area contributed by atoms with Crippen LogP contribution < -0.4 is 4.72 Å². The van der Waals surface area contributed by atoms with Gasteiger partial charge < -0.3 is 0 Å². The van der Waals surface area contributed by atoms with E-state index < -0.39 is 20.6 Å². The van der Waals surface area contributed by atoms with Crippen molar-refractivity contribution in [3.63, 3.8) is 0 Å². The monoisotopic (exact) mass is 449 g/mol. The first-order valence-electron chi connectivity index (χ1n) is 8.13. The highest BCUT2D eigenvalue weighted by molar-refractivity contribution is 7.92. The van der Waals surface area contributed by atoms with Crippen molar-refractivity contribution < 1.29 is 13.3 Å². The Morgan fingerprint density at radius 3 is 2.62 bits per heavy atom. The molecule has 12 heteroatoms. The summed E-state index contributed by atoms with van der Waals surface area (Å²) in [5.74, 6) is -0.136. The number of halogens is 1. The van der Waals surface area contributed by atoms with Crippen molar-refractivity contribution in [1.82, 2.24) is 14.6 Å². The van der Waals surface area contributed by atoms with E-state index in [-0.39, 0.29) is 15.9 Å². The summed E-state index contributed by atoms with van der Waals surface area (Å²) >= 11 is 7.05. The summed E-state index contributed by atoms with van der Waals surface area (Å²) in [6.45, 7) is 1.98. The molecule has 0 bridgehead atoms. The van der Waals surface area contributed by atoms with Gasteiger partial charge in [-0.25, -0.2) is 17.7 Å². The first kappa shape index (κ1) is 19.3. The van der Waals surface area contributed by atoms with Crippen molar-refractivity contribution in [3.8, 4) is 11.3 Å². The molecule has 0 radical (unpaired) electrons. The van der Waals surface area contributed by atoms with Crippen LogP contribution in [0.1, 0.15) is 5.56 Å². The highest BCUT2D eigenvalue weighted by Crippen LogP contribution is 2.29. The van der Waals surface area contributed by atoms with Gasteiger partial charge in [-0.1, -0.05) is 41.4 Å². The third kappa shape index (κ3) is 3.67. The predicted octanol–water partition coefficient (Wildman–Crippen LogP) is 4.13. The summed E-state index contributed by atoms with van der Waals surface area (Å²) in [4.78, 5) is 14.6. The molecule has 2 aromatic heterocycles. The molecule has 4 rings (SSSR count). The Labute approximate surface area is 173 Å². The minimum Gasteiger partial charge on any atom is -0.258 e. The van der Waals surface area contributed by atoms with Crippen LogP contribution >= 0.6 is 22.9 Å². The van der Waals surface area contributed by atoms with E-state index >= 15 is 0 Å². The van der Waals surface area contributed by atoms with Crippen molar-refractivity contribution in [2.75, 3.05) is 4.72 Å². The highest BCUT2D eigenvalue weighted by atomic mass is 35.5. The molecule has 148 valence electrons. The molecule has 0 aliphatic carbocycles. The van der Waals surface area contributed by atoms with Crippen LogP contribution in [-0.4, -0.2) is 27.9 Å². The van der Waals surface area contributed by atoms with E-state index in [1.54, 1.807) is 0 Å². The number of sulfonamides is 1. The molecule has 1 N–H and O–H groups in total. The summed E-state index contributed by atoms with van der Waals surface area (Å²) in [6.07, 6.45) is 0. The molecule has 2 heterocycles. The molecule has 0 aliphatic heterocycles. The molecule has 0 unspecified atom stereocenters. The standard InChI is InChI=1S/C17H12ClN5O4S2/c1-10-2-4-11(5-3-10)15-9-28-17-19-16(20-22(15)17)21-29(26,27)12-6-7-13(18)14(8-12)23(24)25/h2-9H,1H3,(H,20,21). The Kier molecular flexibility index (Phi) is 4.73. The zero-order chi connectivity index (χ0) is 20.8. The Hall–Kier alpha value is -3.02. The minimum absolute atomic E-state index is 0.136. The average Bonchev–Trinajstić information content (AvgIpc) is 3.22. The number of rotatable bonds is 5. The minimum atomic E-state index is -4.14. The normalized spacial score (nSPS) is 11.7. The molecular formula is C17H12ClN5O4S2. The maximum Gasteiger partial charge on any atom is 0.289 e. The van der Waals surface area contributed by atoms with Gasteiger partial charge in [-0.05, 0) is 19.1 Å². The van der Waals surface area contributed by atoms with Crippen molar-refractivity contribution in [3.05, 3.63) is 68.5 Å². The average molecular weight is 450 g/mol. The van der Waals surface area contributed by atoms with E-state index in [4.69, 9.17) is 11.6 Å². The fourth-order valence-corrected chi connectivity index (χ4v) is 4.60. The second kappa shape index (κ2) is 7.10. The van der Waals surface area contributed by atoms with Gasteiger partial charge in [-0.3, -0.25) is 10.1 Å². The Balaban J connectivity index is 1.68. The van der Waals surface area contributed by atoms with Crippen LogP contribution in [0.25, 0.3) is 16.2 Å². The van der Waals surface area contributed by atoms with Gasteiger partial charge in [0.25, 0.3) is 21.7 Å². The zero-order valence-electron chi connectivity index (χ0n) is 14.7. The molecule has 0 aliphatic rings. The van der Waals surface area contributed by atoms with Crippen LogP contribution in [0.2, 0.25) is 5.02 Å². The van der Waals surface area contributed by atoms with Crippen molar-refractivity contribution in [2.45, 2.75) is 11.8 Å². The first-order valence-corrected chi connectivity index (χ1v) is 10.9. The molecule has 9 nitrogen and oxygen atoms in total. The summed E-state index contributed by atoms with van der Waals surface area (Å²) in [5.41, 5.74) is 2.29. The van der Waals surface area contributed by atoms with Gasteiger partial charge in [-0.2, -0.15) is 4.98 Å². The SMILES string of the molecule is Cc1ccc(-c2csc3nc(NS(=O)(=O)c4ccc(Cl)c([N+](=O)[O-])c4)nn23)cc1. The summed E-state index contributed by atoms with van der Waals surface area (Å²) < 4.78 is 29.0. The van der Waals surface area contributed by atoms with Crippen LogP contribution in [0, 0.1) is 17.0 Å². The number of benzene rings is 2. The van der Waals surface area contributed by atoms with Gasteiger partial charge in [0, 0.05) is 17.0 Å². The van der Waals surface area contributed by atoms with Gasteiger partial charge >= 0.3 is 0 Å². The van der Waals surface area contributed by atoms with Crippen LogP contribution in [0.4, 0.5) is 11.6 Å². The molecule has 0 atom stereocenters. The Bertz CT molecular complexity index is 1350. The number of hydrogen-bond acceptors (Lipinski definition) is 7. The smallest absolute Gasteiger partial charge is 0.258 e. The predicted molar refractivity (Wildman–Crippen MR) is 110 cm³/mol. The molecule has 0 saturated heterocycles. The summed E-state index contributed by atoms with van der Waals surface area (Å²) in [7, 11) is -4.14. The summed E-state index contributed by atoms with van der Waals surface area (Å²) in [5, 5.41) is 17.0. The quantitative estimate of drug-likeness (QED) is 0.361. The number of thiazole rings is 1. The van der Waals surface area contributed by atoms with Crippen molar-refractivity contribution in [1.29, 1.82) is 0 Å². The third-order valence-electron chi connectivity index (χ3n) is 4.08. The topological polar surface area (TPSA) is 120 Å². The van der Waals surface area contributed by atoms with E-state index in [0.29, 0.717) is 4.96 Å². The summed E-state index contributed by atoms with van der Waals surface area (Å²) in [6, 6.07) is 11.0. The Morgan fingerprint density at radius 1 is 1.21 bits per heavy atom. The third-order valence-corrected chi connectivity index (χ3v) is 6.54. The Morgan fingerprint density at radius 2 is 1.93 bits per heavy atom. The molecule has 0 saturated carbocycles. The molecular weight excluding hydrogens is 438 g/mol.